The minimum absolute atomic E-state index is 0.0186. The first-order valence-electron chi connectivity index (χ1n) is 12.1. The van der Waals surface area contributed by atoms with Gasteiger partial charge in [-0.15, -0.1) is 0 Å². The second-order valence-electron chi connectivity index (χ2n) is 9.28. The highest BCUT2D eigenvalue weighted by atomic mass is 16.5. The molecule has 0 aliphatic heterocycles. The van der Waals surface area contributed by atoms with E-state index in [0.29, 0.717) is 22.8 Å². The summed E-state index contributed by atoms with van der Waals surface area (Å²) >= 11 is 0. The normalized spacial score (nSPS) is 18.8. The van der Waals surface area contributed by atoms with Crippen molar-refractivity contribution in [3.05, 3.63) is 36.4 Å². The van der Waals surface area contributed by atoms with E-state index < -0.39 is 0 Å². The minimum Gasteiger partial charge on any atom is -0.507 e. The zero-order valence-corrected chi connectivity index (χ0v) is 18.9. The predicted octanol–water partition coefficient (Wildman–Crippen LogP) is 6.60. The van der Waals surface area contributed by atoms with Crippen molar-refractivity contribution in [2.75, 3.05) is 0 Å². The summed E-state index contributed by atoms with van der Waals surface area (Å²) in [6.45, 7) is 2.07. The van der Waals surface area contributed by atoms with Gasteiger partial charge in [-0.3, -0.25) is 4.79 Å². The molecule has 0 bridgehead atoms. The molecule has 2 fully saturated rings. The van der Waals surface area contributed by atoms with Crippen LogP contribution in [0.25, 0.3) is 11.1 Å². The topological polar surface area (TPSA) is 76.0 Å². The number of carbonyl (C=O) groups excluding carboxylic acids is 1. The molecule has 2 aromatic carbocycles. The number of esters is 1. The largest absolute Gasteiger partial charge is 0.507 e. The molecule has 2 aliphatic rings. The monoisotopic (exact) mass is 438 g/mol. The van der Waals surface area contributed by atoms with Gasteiger partial charge >= 0.3 is 5.97 Å². The molecule has 5 heteroatoms. The van der Waals surface area contributed by atoms with E-state index in [-0.39, 0.29) is 35.2 Å². The molecule has 0 amide bonds. The van der Waals surface area contributed by atoms with Crippen molar-refractivity contribution in [1.29, 1.82) is 0 Å². The lowest BCUT2D eigenvalue weighted by Crippen LogP contribution is -2.26. The van der Waals surface area contributed by atoms with Gasteiger partial charge in [0.05, 0.1) is 23.1 Å². The number of phenols is 2. The number of phenolic OH excluding ortho intramolecular Hbond substituents is 2. The Kier molecular flexibility index (Phi) is 7.23. The van der Waals surface area contributed by atoms with E-state index in [9.17, 15) is 15.0 Å². The van der Waals surface area contributed by atoms with E-state index >= 15 is 0 Å². The van der Waals surface area contributed by atoms with Gasteiger partial charge in [0.1, 0.15) is 23.0 Å². The lowest BCUT2D eigenvalue weighted by atomic mass is 9.86. The Bertz CT molecular complexity index is 926. The van der Waals surface area contributed by atoms with Crippen molar-refractivity contribution in [2.45, 2.75) is 77.2 Å². The van der Waals surface area contributed by atoms with E-state index in [0.717, 1.165) is 44.9 Å². The fourth-order valence-electron chi connectivity index (χ4n) is 5.15. The van der Waals surface area contributed by atoms with Crippen LogP contribution in [0.2, 0.25) is 0 Å². The summed E-state index contributed by atoms with van der Waals surface area (Å²) in [7, 11) is 0. The molecule has 0 spiro atoms. The second kappa shape index (κ2) is 10.3. The molecule has 5 nitrogen and oxygen atoms in total. The highest BCUT2D eigenvalue weighted by Gasteiger charge is 2.28. The summed E-state index contributed by atoms with van der Waals surface area (Å²) in [5, 5.41) is 21.5. The van der Waals surface area contributed by atoms with Crippen LogP contribution in [0, 0.1) is 11.8 Å². The molecule has 2 saturated carbocycles. The van der Waals surface area contributed by atoms with Gasteiger partial charge in [-0.2, -0.15) is 0 Å². The van der Waals surface area contributed by atoms with Crippen molar-refractivity contribution in [1.82, 2.24) is 0 Å². The zero-order chi connectivity index (χ0) is 22.5. The van der Waals surface area contributed by atoms with Crippen LogP contribution >= 0.6 is 0 Å². The molecular weight excluding hydrogens is 404 g/mol. The second-order valence-corrected chi connectivity index (χ2v) is 9.28. The summed E-state index contributed by atoms with van der Waals surface area (Å²) in [6, 6.07) is 9.94. The Morgan fingerprint density at radius 2 is 1.34 bits per heavy atom. The molecule has 1 unspecified atom stereocenters. The molecule has 4 rings (SSSR count). The fraction of sp³-hybridized carbons (Fsp3) is 0.519. The molecule has 0 aromatic heterocycles. The highest BCUT2D eigenvalue weighted by molar-refractivity contribution is 5.87. The van der Waals surface area contributed by atoms with Crippen LogP contribution < -0.4 is 9.47 Å². The molecule has 2 N–H and O–H groups in total. The molecule has 2 aromatic rings. The quantitative estimate of drug-likeness (QED) is 0.393. The van der Waals surface area contributed by atoms with Crippen molar-refractivity contribution in [2.24, 2.45) is 11.8 Å². The number of benzene rings is 2. The third-order valence-corrected chi connectivity index (χ3v) is 7.03. The summed E-state index contributed by atoms with van der Waals surface area (Å²) in [6.07, 6.45) is 10.8. The Hall–Kier alpha value is -2.69. The van der Waals surface area contributed by atoms with Gasteiger partial charge in [0.2, 0.25) is 0 Å². The molecule has 0 saturated heterocycles. The maximum absolute atomic E-state index is 12.8. The first kappa shape index (κ1) is 22.5. The third-order valence-electron chi connectivity index (χ3n) is 7.03. The Balaban J connectivity index is 1.65. The zero-order valence-electron chi connectivity index (χ0n) is 18.9. The van der Waals surface area contributed by atoms with Crippen LogP contribution in [0.4, 0.5) is 0 Å². The SMILES string of the molecule is CC(Oc1cccc(O)c1-c1c(O)cccc1OC(=O)C1CCCCC1)C1CCCCC1. The van der Waals surface area contributed by atoms with E-state index in [2.05, 4.69) is 6.92 Å². The Morgan fingerprint density at radius 3 is 1.97 bits per heavy atom. The molecule has 0 heterocycles. The van der Waals surface area contributed by atoms with Crippen LogP contribution in [-0.2, 0) is 4.79 Å². The van der Waals surface area contributed by atoms with Crippen LogP contribution in [0.3, 0.4) is 0 Å². The number of rotatable bonds is 6. The van der Waals surface area contributed by atoms with Crippen molar-refractivity contribution >= 4 is 5.97 Å². The number of carbonyl (C=O) groups is 1. The maximum Gasteiger partial charge on any atom is 0.314 e. The number of hydrogen-bond donors (Lipinski definition) is 2. The van der Waals surface area contributed by atoms with Crippen LogP contribution in [0.1, 0.15) is 71.1 Å². The fourth-order valence-corrected chi connectivity index (χ4v) is 5.15. The summed E-state index contributed by atoms with van der Waals surface area (Å²) in [5.41, 5.74) is 0.653. The summed E-state index contributed by atoms with van der Waals surface area (Å²) in [5.74, 6) is 0.726. The minimum atomic E-state index is -0.273. The Morgan fingerprint density at radius 1 is 0.812 bits per heavy atom. The maximum atomic E-state index is 12.8. The molecule has 172 valence electrons. The van der Waals surface area contributed by atoms with E-state index in [1.807, 2.05) is 0 Å². The number of aromatic hydroxyl groups is 2. The Labute approximate surface area is 190 Å². The van der Waals surface area contributed by atoms with Gasteiger partial charge < -0.3 is 19.7 Å². The first-order chi connectivity index (χ1) is 15.5. The average Bonchev–Trinajstić information content (AvgIpc) is 2.81. The van der Waals surface area contributed by atoms with Crippen LogP contribution in [0.15, 0.2) is 36.4 Å². The van der Waals surface area contributed by atoms with Crippen LogP contribution in [-0.4, -0.2) is 22.3 Å². The standard InChI is InChI=1S/C27H34O5/c1-18(19-10-4-2-5-11-19)31-23-16-8-14-21(28)25(23)26-22(29)15-9-17-24(26)32-27(30)20-12-6-3-7-13-20/h8-9,14-20,28-29H,2-7,10-13H2,1H3. The molecule has 32 heavy (non-hydrogen) atoms. The van der Waals surface area contributed by atoms with Gasteiger partial charge in [-0.25, -0.2) is 0 Å². The van der Waals surface area contributed by atoms with Gasteiger partial charge in [0.25, 0.3) is 0 Å². The molecular formula is C27H34O5. The average molecular weight is 439 g/mol. The third kappa shape index (κ3) is 5.03. The summed E-state index contributed by atoms with van der Waals surface area (Å²) < 4.78 is 12.1. The van der Waals surface area contributed by atoms with E-state index in [4.69, 9.17) is 9.47 Å². The summed E-state index contributed by atoms with van der Waals surface area (Å²) in [4.78, 5) is 12.8. The van der Waals surface area contributed by atoms with Crippen molar-refractivity contribution < 1.29 is 24.5 Å². The lowest BCUT2D eigenvalue weighted by molar-refractivity contribution is -0.139. The molecule has 0 radical (unpaired) electrons. The highest BCUT2D eigenvalue weighted by Crippen LogP contribution is 2.47. The van der Waals surface area contributed by atoms with E-state index in [1.54, 1.807) is 30.3 Å². The first-order valence-corrected chi connectivity index (χ1v) is 12.1. The lowest BCUT2D eigenvalue weighted by Gasteiger charge is -2.29. The van der Waals surface area contributed by atoms with E-state index in [1.165, 1.54) is 25.3 Å². The smallest absolute Gasteiger partial charge is 0.314 e. The van der Waals surface area contributed by atoms with Crippen molar-refractivity contribution in [3.8, 4) is 34.1 Å². The van der Waals surface area contributed by atoms with Crippen molar-refractivity contribution in [3.63, 3.8) is 0 Å². The molecule has 2 aliphatic carbocycles. The van der Waals surface area contributed by atoms with Crippen LogP contribution in [0.5, 0.6) is 23.0 Å². The van der Waals surface area contributed by atoms with Gasteiger partial charge in [0.15, 0.2) is 0 Å². The van der Waals surface area contributed by atoms with Gasteiger partial charge in [-0.05, 0) is 62.8 Å². The number of ether oxygens (including phenoxy) is 2. The van der Waals surface area contributed by atoms with Gasteiger partial charge in [-0.1, -0.05) is 50.7 Å². The molecule has 1 atom stereocenters. The van der Waals surface area contributed by atoms with Gasteiger partial charge in [0, 0.05) is 0 Å². The predicted molar refractivity (Wildman–Crippen MR) is 124 cm³/mol. The number of hydrogen-bond acceptors (Lipinski definition) is 5.